The predicted molar refractivity (Wildman–Crippen MR) is 57.5 cm³/mol. The molecule has 0 rings (SSSR count). The standard InChI is InChI=1S/C11H22O4/c1-4-7-9-14-15-11(6-3,8-5-2)10(12)13/h4-9H2,1-3H3,(H,12,13). The van der Waals surface area contributed by atoms with Crippen LogP contribution in [-0.2, 0) is 14.6 Å². The molecule has 0 aliphatic carbocycles. The Bertz CT molecular complexity index is 181. The van der Waals surface area contributed by atoms with E-state index in [1.165, 1.54) is 0 Å². The summed E-state index contributed by atoms with van der Waals surface area (Å²) in [5, 5.41) is 9.11. The third kappa shape index (κ3) is 4.62. The Morgan fingerprint density at radius 1 is 1.27 bits per heavy atom. The van der Waals surface area contributed by atoms with Crippen LogP contribution in [0.5, 0.6) is 0 Å². The summed E-state index contributed by atoms with van der Waals surface area (Å²) in [5.74, 6) is -0.941. The van der Waals surface area contributed by atoms with Gasteiger partial charge in [0.05, 0.1) is 6.61 Å². The molecule has 0 spiro atoms. The van der Waals surface area contributed by atoms with Crippen molar-refractivity contribution >= 4 is 5.97 Å². The second kappa shape index (κ2) is 7.65. The zero-order chi connectivity index (χ0) is 11.7. The average Bonchev–Trinajstić information content (AvgIpc) is 2.22. The molecule has 0 aliphatic heterocycles. The van der Waals surface area contributed by atoms with E-state index in [2.05, 4.69) is 0 Å². The van der Waals surface area contributed by atoms with Crippen molar-refractivity contribution in [2.75, 3.05) is 6.61 Å². The van der Waals surface area contributed by atoms with E-state index in [-0.39, 0.29) is 0 Å². The number of hydrogen-bond donors (Lipinski definition) is 1. The van der Waals surface area contributed by atoms with E-state index in [0.29, 0.717) is 19.4 Å². The van der Waals surface area contributed by atoms with Gasteiger partial charge in [0.25, 0.3) is 0 Å². The second-order valence-corrected chi connectivity index (χ2v) is 3.66. The van der Waals surface area contributed by atoms with Crippen LogP contribution in [0.1, 0.15) is 52.9 Å². The number of aliphatic carboxylic acids is 1. The molecule has 0 saturated carbocycles. The van der Waals surface area contributed by atoms with Crippen molar-refractivity contribution in [2.45, 2.75) is 58.5 Å². The van der Waals surface area contributed by atoms with Gasteiger partial charge in [0, 0.05) is 0 Å². The molecule has 0 aliphatic rings. The van der Waals surface area contributed by atoms with Gasteiger partial charge in [-0.3, -0.25) is 0 Å². The Kier molecular flexibility index (Phi) is 7.34. The van der Waals surface area contributed by atoms with Crippen LogP contribution in [0.15, 0.2) is 0 Å². The molecular formula is C11H22O4. The van der Waals surface area contributed by atoms with E-state index >= 15 is 0 Å². The van der Waals surface area contributed by atoms with E-state index in [9.17, 15) is 4.79 Å². The maximum absolute atomic E-state index is 11.1. The molecule has 15 heavy (non-hydrogen) atoms. The molecule has 0 heterocycles. The first kappa shape index (κ1) is 14.4. The molecule has 0 aromatic carbocycles. The lowest BCUT2D eigenvalue weighted by Crippen LogP contribution is -2.41. The molecule has 90 valence electrons. The number of hydrogen-bond acceptors (Lipinski definition) is 3. The van der Waals surface area contributed by atoms with Crippen LogP contribution in [0, 0.1) is 0 Å². The molecule has 0 amide bonds. The summed E-state index contributed by atoms with van der Waals surface area (Å²) in [7, 11) is 0. The van der Waals surface area contributed by atoms with Crippen LogP contribution in [0.2, 0.25) is 0 Å². The highest BCUT2D eigenvalue weighted by atomic mass is 17.2. The van der Waals surface area contributed by atoms with Gasteiger partial charge < -0.3 is 5.11 Å². The summed E-state index contributed by atoms with van der Waals surface area (Å²) in [6.07, 6.45) is 3.54. The minimum absolute atomic E-state index is 0.419. The Morgan fingerprint density at radius 3 is 2.33 bits per heavy atom. The van der Waals surface area contributed by atoms with Crippen LogP contribution >= 0.6 is 0 Å². The first-order valence-corrected chi connectivity index (χ1v) is 5.67. The number of carboxylic acids is 1. The Labute approximate surface area is 91.5 Å². The zero-order valence-electron chi connectivity index (χ0n) is 9.91. The fourth-order valence-electron chi connectivity index (χ4n) is 1.33. The number of unbranched alkanes of at least 4 members (excludes halogenated alkanes) is 1. The highest BCUT2D eigenvalue weighted by Crippen LogP contribution is 2.23. The molecule has 0 bridgehead atoms. The minimum Gasteiger partial charge on any atom is -0.479 e. The first-order chi connectivity index (χ1) is 7.13. The summed E-state index contributed by atoms with van der Waals surface area (Å²) >= 11 is 0. The van der Waals surface area contributed by atoms with Gasteiger partial charge >= 0.3 is 5.97 Å². The van der Waals surface area contributed by atoms with Gasteiger partial charge in [-0.1, -0.05) is 33.6 Å². The Balaban J connectivity index is 4.16. The van der Waals surface area contributed by atoms with E-state index in [0.717, 1.165) is 19.3 Å². The highest BCUT2D eigenvalue weighted by molar-refractivity contribution is 5.77. The van der Waals surface area contributed by atoms with Crippen molar-refractivity contribution in [3.05, 3.63) is 0 Å². The lowest BCUT2D eigenvalue weighted by atomic mass is 9.95. The lowest BCUT2D eigenvalue weighted by molar-refractivity contribution is -0.356. The molecule has 0 saturated heterocycles. The maximum atomic E-state index is 11.1. The van der Waals surface area contributed by atoms with Crippen molar-refractivity contribution < 1.29 is 19.7 Å². The van der Waals surface area contributed by atoms with Gasteiger partial charge in [-0.2, -0.15) is 0 Å². The minimum atomic E-state index is -1.16. The first-order valence-electron chi connectivity index (χ1n) is 5.67. The third-order valence-corrected chi connectivity index (χ3v) is 2.41. The molecule has 0 aromatic rings. The van der Waals surface area contributed by atoms with E-state index in [4.69, 9.17) is 14.9 Å². The number of carboxylic acid groups (broad SMARTS) is 1. The fourth-order valence-corrected chi connectivity index (χ4v) is 1.33. The normalized spacial score (nSPS) is 14.9. The summed E-state index contributed by atoms with van der Waals surface area (Å²) in [6, 6.07) is 0. The molecule has 4 heteroatoms. The van der Waals surface area contributed by atoms with Gasteiger partial charge in [0.2, 0.25) is 0 Å². The Morgan fingerprint density at radius 2 is 1.93 bits per heavy atom. The molecule has 1 N–H and O–H groups in total. The molecule has 0 radical (unpaired) electrons. The molecule has 0 fully saturated rings. The van der Waals surface area contributed by atoms with Gasteiger partial charge in [0.1, 0.15) is 0 Å². The van der Waals surface area contributed by atoms with Crippen LogP contribution in [0.3, 0.4) is 0 Å². The van der Waals surface area contributed by atoms with Crippen molar-refractivity contribution in [3.63, 3.8) is 0 Å². The molecule has 1 unspecified atom stereocenters. The SMILES string of the molecule is CCCCOOC(CC)(CCC)C(=O)O. The second-order valence-electron chi connectivity index (χ2n) is 3.66. The van der Waals surface area contributed by atoms with Gasteiger partial charge in [-0.25, -0.2) is 14.6 Å². The van der Waals surface area contributed by atoms with Crippen molar-refractivity contribution in [2.24, 2.45) is 0 Å². The largest absolute Gasteiger partial charge is 0.479 e. The van der Waals surface area contributed by atoms with Gasteiger partial charge in [0.15, 0.2) is 5.60 Å². The number of carbonyl (C=O) groups is 1. The van der Waals surface area contributed by atoms with Crippen LogP contribution in [0.4, 0.5) is 0 Å². The molecule has 1 atom stereocenters. The van der Waals surface area contributed by atoms with Crippen molar-refractivity contribution in [3.8, 4) is 0 Å². The highest BCUT2D eigenvalue weighted by Gasteiger charge is 2.38. The molecular weight excluding hydrogens is 196 g/mol. The average molecular weight is 218 g/mol. The summed E-state index contributed by atoms with van der Waals surface area (Å²) < 4.78 is 0. The van der Waals surface area contributed by atoms with Crippen molar-refractivity contribution in [1.82, 2.24) is 0 Å². The quantitative estimate of drug-likeness (QED) is 0.367. The van der Waals surface area contributed by atoms with Crippen LogP contribution in [0.25, 0.3) is 0 Å². The molecule has 4 nitrogen and oxygen atoms in total. The topological polar surface area (TPSA) is 55.8 Å². The Hall–Kier alpha value is -0.610. The fraction of sp³-hybridized carbons (Fsp3) is 0.909. The van der Waals surface area contributed by atoms with Gasteiger partial charge in [-0.15, -0.1) is 0 Å². The van der Waals surface area contributed by atoms with E-state index in [1.807, 2.05) is 13.8 Å². The summed E-state index contributed by atoms with van der Waals surface area (Å²) in [6.45, 7) is 6.23. The lowest BCUT2D eigenvalue weighted by Gasteiger charge is -2.26. The zero-order valence-corrected chi connectivity index (χ0v) is 9.91. The van der Waals surface area contributed by atoms with Gasteiger partial charge in [-0.05, 0) is 19.3 Å². The van der Waals surface area contributed by atoms with E-state index < -0.39 is 11.6 Å². The van der Waals surface area contributed by atoms with Crippen LogP contribution < -0.4 is 0 Å². The maximum Gasteiger partial charge on any atom is 0.339 e. The summed E-state index contributed by atoms with van der Waals surface area (Å²) in [5.41, 5.74) is -1.16. The summed E-state index contributed by atoms with van der Waals surface area (Å²) in [4.78, 5) is 21.1. The smallest absolute Gasteiger partial charge is 0.339 e. The third-order valence-electron chi connectivity index (χ3n) is 2.41. The van der Waals surface area contributed by atoms with E-state index in [1.54, 1.807) is 6.92 Å². The predicted octanol–water partition coefficient (Wildman–Crippen LogP) is 2.77. The number of rotatable bonds is 9. The molecule has 0 aromatic heterocycles. The van der Waals surface area contributed by atoms with Crippen LogP contribution in [-0.4, -0.2) is 23.3 Å². The monoisotopic (exact) mass is 218 g/mol. The van der Waals surface area contributed by atoms with Crippen molar-refractivity contribution in [1.29, 1.82) is 0 Å².